The molecule has 0 aromatic rings. The topological polar surface area (TPSA) is 46.6 Å². The molecular weight excluding hydrogens is 242 g/mol. The summed E-state index contributed by atoms with van der Waals surface area (Å²) >= 11 is 0. The van der Waals surface area contributed by atoms with E-state index in [-0.39, 0.29) is 17.9 Å². The summed E-state index contributed by atoms with van der Waals surface area (Å²) in [6, 6.07) is 0.155. The predicted molar refractivity (Wildman–Crippen MR) is 76.7 cm³/mol. The molecule has 0 rings (SSSR count). The third-order valence-corrected chi connectivity index (χ3v) is 2.72. The van der Waals surface area contributed by atoms with Gasteiger partial charge in [0.25, 0.3) is 0 Å². The van der Waals surface area contributed by atoms with Gasteiger partial charge in [-0.1, -0.05) is 6.58 Å². The van der Waals surface area contributed by atoms with Gasteiger partial charge in [0.15, 0.2) is 0 Å². The molecule has 19 heavy (non-hydrogen) atoms. The van der Waals surface area contributed by atoms with Crippen LogP contribution in [0.15, 0.2) is 12.7 Å². The standard InChI is InChI=1S/C15H27NO3/c1-7-13(17)16(12(2)3)10-8-9-11-19-14(18)15(4,5)6/h7,12H,1,8-11H2,2-6H3. The molecule has 0 aliphatic carbocycles. The molecule has 0 aliphatic rings. The maximum absolute atomic E-state index is 11.6. The first-order chi connectivity index (χ1) is 8.70. The van der Waals surface area contributed by atoms with Crippen molar-refractivity contribution in [1.82, 2.24) is 4.90 Å². The van der Waals surface area contributed by atoms with Crippen LogP contribution in [0.2, 0.25) is 0 Å². The van der Waals surface area contributed by atoms with E-state index in [0.717, 1.165) is 12.8 Å². The lowest BCUT2D eigenvalue weighted by molar-refractivity contribution is -0.153. The van der Waals surface area contributed by atoms with Crippen molar-refractivity contribution in [2.75, 3.05) is 13.2 Å². The molecule has 4 heteroatoms. The molecule has 0 saturated carbocycles. The monoisotopic (exact) mass is 269 g/mol. The molecule has 0 atom stereocenters. The Morgan fingerprint density at radius 3 is 2.26 bits per heavy atom. The highest BCUT2D eigenvalue weighted by molar-refractivity contribution is 5.87. The fraction of sp³-hybridized carbons (Fsp3) is 0.733. The Bertz CT molecular complexity index is 316. The molecule has 0 unspecified atom stereocenters. The van der Waals surface area contributed by atoms with Crippen molar-refractivity contribution >= 4 is 11.9 Å². The molecule has 0 bridgehead atoms. The smallest absolute Gasteiger partial charge is 0.311 e. The number of unbranched alkanes of at least 4 members (excludes halogenated alkanes) is 1. The molecule has 0 aliphatic heterocycles. The third kappa shape index (κ3) is 6.99. The second-order valence-electron chi connectivity index (χ2n) is 5.92. The first kappa shape index (κ1) is 17.7. The lowest BCUT2D eigenvalue weighted by atomic mass is 9.97. The van der Waals surface area contributed by atoms with E-state index < -0.39 is 5.41 Å². The van der Waals surface area contributed by atoms with Gasteiger partial charge in [-0.3, -0.25) is 9.59 Å². The number of hydrogen-bond donors (Lipinski definition) is 0. The van der Waals surface area contributed by atoms with Crippen LogP contribution in [0.25, 0.3) is 0 Å². The van der Waals surface area contributed by atoms with E-state index in [4.69, 9.17) is 4.74 Å². The Balaban J connectivity index is 3.93. The van der Waals surface area contributed by atoms with Gasteiger partial charge in [-0.15, -0.1) is 0 Å². The Morgan fingerprint density at radius 2 is 1.84 bits per heavy atom. The van der Waals surface area contributed by atoms with Crippen LogP contribution in [0, 0.1) is 5.41 Å². The summed E-state index contributed by atoms with van der Waals surface area (Å²) in [6.07, 6.45) is 2.91. The fourth-order valence-corrected chi connectivity index (χ4v) is 1.51. The number of amides is 1. The number of carbonyl (C=O) groups is 2. The van der Waals surface area contributed by atoms with E-state index in [1.165, 1.54) is 6.08 Å². The molecule has 4 nitrogen and oxygen atoms in total. The minimum Gasteiger partial charge on any atom is -0.465 e. The molecule has 0 N–H and O–H groups in total. The van der Waals surface area contributed by atoms with Crippen LogP contribution in [0.4, 0.5) is 0 Å². The maximum Gasteiger partial charge on any atom is 0.311 e. The zero-order valence-corrected chi connectivity index (χ0v) is 12.9. The van der Waals surface area contributed by atoms with Gasteiger partial charge < -0.3 is 9.64 Å². The number of carbonyl (C=O) groups excluding carboxylic acids is 2. The fourth-order valence-electron chi connectivity index (χ4n) is 1.51. The summed E-state index contributed by atoms with van der Waals surface area (Å²) < 4.78 is 5.17. The minimum absolute atomic E-state index is 0.0540. The van der Waals surface area contributed by atoms with Gasteiger partial charge in [-0.05, 0) is 53.5 Å². The van der Waals surface area contributed by atoms with Gasteiger partial charge in [0.2, 0.25) is 5.91 Å². The first-order valence-electron chi connectivity index (χ1n) is 6.80. The molecule has 0 radical (unpaired) electrons. The number of nitrogens with zero attached hydrogens (tertiary/aromatic N) is 1. The van der Waals surface area contributed by atoms with Crippen LogP contribution in [-0.2, 0) is 14.3 Å². The third-order valence-electron chi connectivity index (χ3n) is 2.72. The van der Waals surface area contributed by atoms with Gasteiger partial charge in [-0.2, -0.15) is 0 Å². The second kappa shape index (κ2) is 7.97. The van der Waals surface area contributed by atoms with Crippen LogP contribution < -0.4 is 0 Å². The number of ether oxygens (including phenoxy) is 1. The number of esters is 1. The lowest BCUT2D eigenvalue weighted by Gasteiger charge is -2.25. The number of rotatable bonds is 7. The minimum atomic E-state index is -0.456. The van der Waals surface area contributed by atoms with Crippen molar-refractivity contribution in [2.24, 2.45) is 5.41 Å². The molecule has 0 spiro atoms. The van der Waals surface area contributed by atoms with E-state index in [1.807, 2.05) is 34.6 Å². The van der Waals surface area contributed by atoms with Crippen LogP contribution in [0.5, 0.6) is 0 Å². The molecule has 0 saturated heterocycles. The summed E-state index contributed by atoms with van der Waals surface area (Å²) in [7, 11) is 0. The maximum atomic E-state index is 11.6. The summed E-state index contributed by atoms with van der Waals surface area (Å²) in [5.41, 5.74) is -0.456. The van der Waals surface area contributed by atoms with Crippen molar-refractivity contribution in [1.29, 1.82) is 0 Å². The van der Waals surface area contributed by atoms with Gasteiger partial charge in [0, 0.05) is 12.6 Å². The van der Waals surface area contributed by atoms with E-state index >= 15 is 0 Å². The summed E-state index contributed by atoms with van der Waals surface area (Å²) in [6.45, 7) is 14.0. The SMILES string of the molecule is C=CC(=O)N(CCCCOC(=O)C(C)(C)C)C(C)C. The molecule has 1 amide bonds. The quantitative estimate of drug-likeness (QED) is 0.405. The number of hydrogen-bond acceptors (Lipinski definition) is 3. The van der Waals surface area contributed by atoms with Crippen molar-refractivity contribution in [3.63, 3.8) is 0 Å². The summed E-state index contributed by atoms with van der Waals surface area (Å²) in [5.74, 6) is -0.239. The molecule has 110 valence electrons. The van der Waals surface area contributed by atoms with Crippen LogP contribution in [-0.4, -0.2) is 36.0 Å². The second-order valence-corrected chi connectivity index (χ2v) is 5.92. The van der Waals surface area contributed by atoms with E-state index in [2.05, 4.69) is 6.58 Å². The molecule has 0 aromatic heterocycles. The Labute approximate surface area is 116 Å². The zero-order valence-electron chi connectivity index (χ0n) is 12.9. The van der Waals surface area contributed by atoms with Gasteiger partial charge >= 0.3 is 5.97 Å². The molecule has 0 heterocycles. The molecule has 0 fully saturated rings. The normalized spacial score (nSPS) is 11.3. The van der Waals surface area contributed by atoms with Gasteiger partial charge in [-0.25, -0.2) is 0 Å². The largest absolute Gasteiger partial charge is 0.465 e. The van der Waals surface area contributed by atoms with Crippen molar-refractivity contribution in [3.05, 3.63) is 12.7 Å². The predicted octanol–water partition coefficient (Wildman–Crippen LogP) is 2.78. The molecule has 0 aromatic carbocycles. The average Bonchev–Trinajstić information content (AvgIpc) is 2.30. The van der Waals surface area contributed by atoms with Crippen LogP contribution in [0.3, 0.4) is 0 Å². The van der Waals surface area contributed by atoms with Crippen molar-refractivity contribution < 1.29 is 14.3 Å². The molecular formula is C15H27NO3. The zero-order chi connectivity index (χ0) is 15.1. The van der Waals surface area contributed by atoms with Crippen molar-refractivity contribution in [2.45, 2.75) is 53.5 Å². The average molecular weight is 269 g/mol. The van der Waals surface area contributed by atoms with Gasteiger partial charge in [0.05, 0.1) is 12.0 Å². The van der Waals surface area contributed by atoms with Gasteiger partial charge in [0.1, 0.15) is 0 Å². The highest BCUT2D eigenvalue weighted by atomic mass is 16.5. The summed E-state index contributed by atoms with van der Waals surface area (Å²) in [4.78, 5) is 24.9. The van der Waals surface area contributed by atoms with E-state index in [9.17, 15) is 9.59 Å². The Morgan fingerprint density at radius 1 is 1.26 bits per heavy atom. The van der Waals surface area contributed by atoms with Crippen LogP contribution >= 0.6 is 0 Å². The Kier molecular flexibility index (Phi) is 7.42. The van der Waals surface area contributed by atoms with Crippen LogP contribution in [0.1, 0.15) is 47.5 Å². The van der Waals surface area contributed by atoms with E-state index in [0.29, 0.717) is 13.2 Å². The first-order valence-corrected chi connectivity index (χ1v) is 6.80. The summed E-state index contributed by atoms with van der Waals surface area (Å²) in [5, 5.41) is 0. The van der Waals surface area contributed by atoms with E-state index in [1.54, 1.807) is 4.90 Å². The van der Waals surface area contributed by atoms with Crippen molar-refractivity contribution in [3.8, 4) is 0 Å². The Hall–Kier alpha value is -1.32. The highest BCUT2D eigenvalue weighted by Gasteiger charge is 2.22. The highest BCUT2D eigenvalue weighted by Crippen LogP contribution is 2.15. The lowest BCUT2D eigenvalue weighted by Crippen LogP contribution is -2.36.